The molecule has 1 saturated heterocycles. The average molecular weight is 236 g/mol. The summed E-state index contributed by atoms with van der Waals surface area (Å²) in [6, 6.07) is 1.76. The Labute approximate surface area is 99.4 Å². The van der Waals surface area contributed by atoms with Crippen LogP contribution in [0, 0.1) is 12.8 Å². The van der Waals surface area contributed by atoms with Gasteiger partial charge >= 0.3 is 5.97 Å². The third kappa shape index (κ3) is 2.33. The van der Waals surface area contributed by atoms with Gasteiger partial charge in [0, 0.05) is 25.0 Å². The van der Waals surface area contributed by atoms with Crippen LogP contribution in [-0.4, -0.2) is 40.0 Å². The molecule has 1 aromatic rings. The Bertz CT molecular complexity index is 431. The molecule has 0 spiro atoms. The second-order valence-corrected chi connectivity index (χ2v) is 4.42. The third-order valence-corrected chi connectivity index (χ3v) is 3.32. The van der Waals surface area contributed by atoms with Crippen molar-refractivity contribution in [1.82, 2.24) is 9.88 Å². The van der Waals surface area contributed by atoms with Crippen molar-refractivity contribution >= 4 is 11.9 Å². The highest BCUT2D eigenvalue weighted by atomic mass is 16.4. The Morgan fingerprint density at radius 1 is 1.41 bits per heavy atom. The normalized spacial score (nSPS) is 17.1. The topological polar surface area (TPSA) is 73.4 Å². The molecule has 5 nitrogen and oxygen atoms in total. The predicted molar refractivity (Wildman–Crippen MR) is 61.8 cm³/mol. The van der Waals surface area contributed by atoms with Crippen molar-refractivity contribution in [3.8, 4) is 0 Å². The molecule has 17 heavy (non-hydrogen) atoms. The molecule has 0 atom stereocenters. The lowest BCUT2D eigenvalue weighted by Crippen LogP contribution is -2.40. The lowest BCUT2D eigenvalue weighted by atomic mass is 9.96. The molecule has 2 rings (SSSR count). The number of aromatic nitrogens is 1. The first kappa shape index (κ1) is 11.7. The van der Waals surface area contributed by atoms with Crippen LogP contribution in [0.3, 0.4) is 0 Å². The number of hydrogen-bond donors (Lipinski definition) is 2. The second-order valence-electron chi connectivity index (χ2n) is 4.42. The highest BCUT2D eigenvalue weighted by molar-refractivity contribution is 5.95. The molecule has 1 aliphatic rings. The summed E-state index contributed by atoms with van der Waals surface area (Å²) >= 11 is 0. The number of carbonyl (C=O) groups is 2. The number of carbonyl (C=O) groups excluding carboxylic acids is 1. The average Bonchev–Trinajstić information content (AvgIpc) is 2.74. The predicted octanol–water partition coefficient (Wildman–Crippen LogP) is 1.26. The Kier molecular flexibility index (Phi) is 3.17. The molecule has 1 aliphatic heterocycles. The van der Waals surface area contributed by atoms with E-state index in [0.717, 1.165) is 5.69 Å². The first-order valence-corrected chi connectivity index (χ1v) is 5.75. The summed E-state index contributed by atoms with van der Waals surface area (Å²) in [7, 11) is 0. The van der Waals surface area contributed by atoms with E-state index < -0.39 is 5.97 Å². The first-order chi connectivity index (χ1) is 8.09. The van der Waals surface area contributed by atoms with Gasteiger partial charge in [0.15, 0.2) is 0 Å². The quantitative estimate of drug-likeness (QED) is 0.811. The Morgan fingerprint density at radius 3 is 2.53 bits per heavy atom. The molecule has 5 heteroatoms. The Hall–Kier alpha value is -1.78. The van der Waals surface area contributed by atoms with Crippen molar-refractivity contribution in [2.75, 3.05) is 13.1 Å². The number of nitrogens with zero attached hydrogens (tertiary/aromatic N) is 1. The van der Waals surface area contributed by atoms with Gasteiger partial charge in [0.2, 0.25) is 0 Å². The van der Waals surface area contributed by atoms with E-state index in [0.29, 0.717) is 31.5 Å². The Morgan fingerprint density at radius 2 is 2.06 bits per heavy atom. The lowest BCUT2D eigenvalue weighted by Gasteiger charge is -2.30. The van der Waals surface area contributed by atoms with Crippen molar-refractivity contribution < 1.29 is 14.7 Å². The van der Waals surface area contributed by atoms with Crippen molar-refractivity contribution in [2.45, 2.75) is 19.8 Å². The molecule has 0 radical (unpaired) electrons. The summed E-state index contributed by atoms with van der Waals surface area (Å²) in [6.45, 7) is 2.91. The van der Waals surface area contributed by atoms with Gasteiger partial charge < -0.3 is 15.0 Å². The fraction of sp³-hybridized carbons (Fsp3) is 0.500. The molecule has 1 amide bonds. The first-order valence-electron chi connectivity index (χ1n) is 5.75. The maximum Gasteiger partial charge on any atom is 0.306 e. The number of hydrogen-bond acceptors (Lipinski definition) is 2. The number of aryl methyl sites for hydroxylation is 1. The summed E-state index contributed by atoms with van der Waals surface area (Å²) in [5.74, 6) is -1.06. The Balaban J connectivity index is 2.00. The van der Waals surface area contributed by atoms with Gasteiger partial charge in [-0.1, -0.05) is 0 Å². The van der Waals surface area contributed by atoms with Crippen molar-refractivity contribution in [3.05, 3.63) is 23.5 Å². The minimum absolute atomic E-state index is 0.00686. The number of amides is 1. The number of likely N-dealkylation sites (tertiary alicyclic amines) is 1. The summed E-state index contributed by atoms with van der Waals surface area (Å²) in [4.78, 5) is 27.6. The second kappa shape index (κ2) is 4.61. The van der Waals surface area contributed by atoms with Gasteiger partial charge in [-0.3, -0.25) is 9.59 Å². The van der Waals surface area contributed by atoms with E-state index in [1.807, 2.05) is 6.92 Å². The number of nitrogens with one attached hydrogen (secondary N) is 1. The number of carboxylic acid groups (broad SMARTS) is 1. The zero-order valence-electron chi connectivity index (χ0n) is 9.77. The van der Waals surface area contributed by atoms with Gasteiger partial charge in [0.05, 0.1) is 11.5 Å². The van der Waals surface area contributed by atoms with E-state index in [9.17, 15) is 9.59 Å². The monoisotopic (exact) mass is 236 g/mol. The SMILES string of the molecule is Cc1[nH]ccc1C(=O)N1CCC(C(=O)O)CC1. The maximum atomic E-state index is 12.1. The standard InChI is InChI=1S/C12H16N2O3/c1-8-10(2-5-13-8)11(15)14-6-3-9(4-7-14)12(16)17/h2,5,9,13H,3-4,6-7H2,1H3,(H,16,17). The number of piperidine rings is 1. The fourth-order valence-electron chi connectivity index (χ4n) is 2.18. The molecule has 1 fully saturated rings. The maximum absolute atomic E-state index is 12.1. The van der Waals surface area contributed by atoms with Crippen LogP contribution >= 0.6 is 0 Å². The van der Waals surface area contributed by atoms with Gasteiger partial charge in [-0.25, -0.2) is 0 Å². The number of carboxylic acids is 1. The van der Waals surface area contributed by atoms with E-state index in [2.05, 4.69) is 4.98 Å². The summed E-state index contributed by atoms with van der Waals surface area (Å²) in [5.41, 5.74) is 1.54. The summed E-state index contributed by atoms with van der Waals surface area (Å²) in [6.07, 6.45) is 2.83. The van der Waals surface area contributed by atoms with Crippen LogP contribution in [0.5, 0.6) is 0 Å². The van der Waals surface area contributed by atoms with E-state index in [1.54, 1.807) is 17.2 Å². The van der Waals surface area contributed by atoms with E-state index >= 15 is 0 Å². The molecule has 0 saturated carbocycles. The zero-order chi connectivity index (χ0) is 12.4. The number of rotatable bonds is 2. The number of H-pyrrole nitrogens is 1. The molecule has 0 aromatic carbocycles. The van der Waals surface area contributed by atoms with Gasteiger partial charge in [-0.05, 0) is 25.8 Å². The lowest BCUT2D eigenvalue weighted by molar-refractivity contribution is -0.143. The van der Waals surface area contributed by atoms with E-state index in [-0.39, 0.29) is 11.8 Å². The molecular formula is C12H16N2O3. The van der Waals surface area contributed by atoms with E-state index in [4.69, 9.17) is 5.11 Å². The van der Waals surface area contributed by atoms with Crippen LogP contribution in [0.2, 0.25) is 0 Å². The van der Waals surface area contributed by atoms with Crippen LogP contribution in [-0.2, 0) is 4.79 Å². The molecule has 0 bridgehead atoms. The molecule has 1 aromatic heterocycles. The van der Waals surface area contributed by atoms with Gasteiger partial charge in [0.25, 0.3) is 5.91 Å². The van der Waals surface area contributed by atoms with Crippen LogP contribution in [0.1, 0.15) is 28.9 Å². The third-order valence-electron chi connectivity index (χ3n) is 3.32. The number of aromatic amines is 1. The van der Waals surface area contributed by atoms with E-state index in [1.165, 1.54) is 0 Å². The van der Waals surface area contributed by atoms with Gasteiger partial charge in [0.1, 0.15) is 0 Å². The van der Waals surface area contributed by atoms with Crippen LogP contribution in [0.25, 0.3) is 0 Å². The molecule has 0 unspecified atom stereocenters. The molecule has 2 N–H and O–H groups in total. The minimum atomic E-state index is -0.755. The molecular weight excluding hydrogens is 220 g/mol. The minimum Gasteiger partial charge on any atom is -0.481 e. The molecule has 0 aliphatic carbocycles. The largest absolute Gasteiger partial charge is 0.481 e. The highest BCUT2D eigenvalue weighted by Crippen LogP contribution is 2.19. The zero-order valence-corrected chi connectivity index (χ0v) is 9.77. The van der Waals surface area contributed by atoms with Crippen LogP contribution in [0.15, 0.2) is 12.3 Å². The van der Waals surface area contributed by atoms with Crippen molar-refractivity contribution in [3.63, 3.8) is 0 Å². The van der Waals surface area contributed by atoms with Gasteiger partial charge in [-0.2, -0.15) is 0 Å². The molecule has 92 valence electrons. The van der Waals surface area contributed by atoms with Crippen molar-refractivity contribution in [1.29, 1.82) is 0 Å². The summed E-state index contributed by atoms with van der Waals surface area (Å²) in [5, 5.41) is 8.88. The fourth-order valence-corrected chi connectivity index (χ4v) is 2.18. The van der Waals surface area contributed by atoms with Gasteiger partial charge in [-0.15, -0.1) is 0 Å². The van der Waals surface area contributed by atoms with Crippen LogP contribution < -0.4 is 0 Å². The highest BCUT2D eigenvalue weighted by Gasteiger charge is 2.28. The smallest absolute Gasteiger partial charge is 0.306 e. The van der Waals surface area contributed by atoms with Crippen LogP contribution in [0.4, 0.5) is 0 Å². The summed E-state index contributed by atoms with van der Waals surface area (Å²) < 4.78 is 0. The molecule has 2 heterocycles. The van der Waals surface area contributed by atoms with Crippen molar-refractivity contribution in [2.24, 2.45) is 5.92 Å². The number of aliphatic carboxylic acids is 1.